The van der Waals surface area contributed by atoms with E-state index in [0.717, 1.165) is 27.9 Å². The molecule has 0 radical (unpaired) electrons. The molecule has 28 heavy (non-hydrogen) atoms. The van der Waals surface area contributed by atoms with Gasteiger partial charge in [0.15, 0.2) is 0 Å². The summed E-state index contributed by atoms with van der Waals surface area (Å²) in [6.45, 7) is 4.18. The van der Waals surface area contributed by atoms with E-state index in [9.17, 15) is 4.79 Å². The number of rotatable bonds is 3. The molecule has 0 bridgehead atoms. The highest BCUT2D eigenvalue weighted by Gasteiger charge is 2.14. The predicted molar refractivity (Wildman–Crippen MR) is 118 cm³/mol. The fourth-order valence-electron chi connectivity index (χ4n) is 3.67. The number of hydrogen-bond acceptors (Lipinski definition) is 3. The van der Waals surface area contributed by atoms with Gasteiger partial charge in [0.25, 0.3) is 5.56 Å². The van der Waals surface area contributed by atoms with Crippen molar-refractivity contribution in [2.45, 2.75) is 13.8 Å². The zero-order valence-electron chi connectivity index (χ0n) is 16.3. The fraction of sp³-hybridized carbons (Fsp3) is 0.125. The molecule has 0 aliphatic rings. The lowest BCUT2D eigenvalue weighted by molar-refractivity contribution is 0.875. The van der Waals surface area contributed by atoms with Gasteiger partial charge in [-0.05, 0) is 54.6 Å². The molecule has 0 fully saturated rings. The van der Waals surface area contributed by atoms with Gasteiger partial charge in [0, 0.05) is 46.8 Å². The second-order valence-corrected chi connectivity index (χ2v) is 7.20. The van der Waals surface area contributed by atoms with Crippen LogP contribution in [0.3, 0.4) is 0 Å². The van der Waals surface area contributed by atoms with E-state index < -0.39 is 0 Å². The second-order valence-electron chi connectivity index (χ2n) is 7.20. The Morgan fingerprint density at radius 3 is 2.25 bits per heavy atom. The number of pyridine rings is 1. The van der Waals surface area contributed by atoms with Gasteiger partial charge < -0.3 is 15.6 Å². The van der Waals surface area contributed by atoms with Crippen LogP contribution in [0.2, 0.25) is 0 Å². The number of nitrogens with two attached hydrogens (primary N) is 1. The number of fused-ring (bicyclic) bond motifs is 1. The first-order valence-electron chi connectivity index (χ1n) is 9.27. The molecule has 4 aromatic rings. The minimum Gasteiger partial charge on any atom is -0.399 e. The van der Waals surface area contributed by atoms with Gasteiger partial charge in [-0.25, -0.2) is 0 Å². The molecule has 0 aliphatic carbocycles. The van der Waals surface area contributed by atoms with E-state index in [0.29, 0.717) is 11.1 Å². The molecule has 1 heterocycles. The Morgan fingerprint density at radius 1 is 0.857 bits per heavy atom. The quantitative estimate of drug-likeness (QED) is 0.491. The van der Waals surface area contributed by atoms with Crippen LogP contribution in [0.4, 0.5) is 17.1 Å². The predicted octanol–water partition coefficient (Wildman–Crippen LogP) is 5.15. The third-order valence-corrected chi connectivity index (χ3v) is 5.17. The van der Waals surface area contributed by atoms with Gasteiger partial charge in [-0.3, -0.25) is 4.79 Å². The average molecular weight is 369 g/mol. The molecule has 4 nitrogen and oxygen atoms in total. The van der Waals surface area contributed by atoms with E-state index in [1.807, 2.05) is 48.7 Å². The number of hydrogen-bond donors (Lipinski definition) is 2. The van der Waals surface area contributed by atoms with Crippen molar-refractivity contribution in [3.63, 3.8) is 0 Å². The first-order valence-corrected chi connectivity index (χ1v) is 9.27. The van der Waals surface area contributed by atoms with Crippen molar-refractivity contribution in [2.75, 3.05) is 11.1 Å². The highest BCUT2D eigenvalue weighted by atomic mass is 16.1. The number of nitrogens with one attached hydrogen (secondary N) is 1. The smallest absolute Gasteiger partial charge is 0.258 e. The molecule has 0 amide bonds. The van der Waals surface area contributed by atoms with Crippen LogP contribution in [0.5, 0.6) is 0 Å². The van der Waals surface area contributed by atoms with E-state index in [-0.39, 0.29) is 5.56 Å². The Kier molecular flexibility index (Phi) is 4.40. The molecule has 0 spiro atoms. The molecule has 4 heteroatoms. The molecule has 3 aromatic carbocycles. The molecule has 0 saturated carbocycles. The maximum atomic E-state index is 12.6. The Morgan fingerprint density at radius 2 is 1.54 bits per heavy atom. The monoisotopic (exact) mass is 369 g/mol. The summed E-state index contributed by atoms with van der Waals surface area (Å²) >= 11 is 0. The Labute approximate surface area is 164 Å². The number of anilines is 3. The molecule has 3 N–H and O–H groups in total. The van der Waals surface area contributed by atoms with E-state index in [2.05, 4.69) is 37.4 Å². The second kappa shape index (κ2) is 6.89. The lowest BCUT2D eigenvalue weighted by atomic mass is 9.98. The van der Waals surface area contributed by atoms with Crippen LogP contribution in [0.25, 0.3) is 21.9 Å². The number of aromatic nitrogens is 1. The summed E-state index contributed by atoms with van der Waals surface area (Å²) in [6.07, 6.45) is 1.88. The van der Waals surface area contributed by atoms with Gasteiger partial charge in [0.05, 0.1) is 0 Å². The van der Waals surface area contributed by atoms with Crippen molar-refractivity contribution < 1.29 is 0 Å². The zero-order valence-corrected chi connectivity index (χ0v) is 16.3. The lowest BCUT2D eigenvalue weighted by Gasteiger charge is -2.18. The topological polar surface area (TPSA) is 60.0 Å². The number of para-hydroxylation sites is 1. The number of aryl methyl sites for hydroxylation is 3. The molecule has 4 rings (SSSR count). The van der Waals surface area contributed by atoms with E-state index >= 15 is 0 Å². The Balaban J connectivity index is 1.98. The molecule has 0 unspecified atom stereocenters. The highest BCUT2D eigenvalue weighted by Crippen LogP contribution is 2.36. The first kappa shape index (κ1) is 17.9. The minimum absolute atomic E-state index is 0.00693. The largest absolute Gasteiger partial charge is 0.399 e. The van der Waals surface area contributed by atoms with Gasteiger partial charge in [-0.15, -0.1) is 0 Å². The summed E-state index contributed by atoms with van der Waals surface area (Å²) in [6, 6.07) is 19.8. The van der Waals surface area contributed by atoms with Crippen molar-refractivity contribution in [2.24, 2.45) is 7.05 Å². The fourth-order valence-corrected chi connectivity index (χ4v) is 3.67. The maximum Gasteiger partial charge on any atom is 0.258 e. The van der Waals surface area contributed by atoms with Crippen LogP contribution in [-0.4, -0.2) is 4.57 Å². The standard InChI is InChI=1S/C24H23N3O/c1-15-7-6-8-16(2)23(15)26-22-12-11-17(25)13-20(22)21-14-27(3)24(28)19-10-5-4-9-18(19)21/h4-14,26H,25H2,1-3H3. The molecular formula is C24H23N3O. The van der Waals surface area contributed by atoms with Crippen molar-refractivity contribution in [3.05, 3.63) is 88.3 Å². The van der Waals surface area contributed by atoms with Gasteiger partial charge >= 0.3 is 0 Å². The molecule has 0 saturated heterocycles. The summed E-state index contributed by atoms with van der Waals surface area (Å²) < 4.78 is 1.63. The summed E-state index contributed by atoms with van der Waals surface area (Å²) in [5.74, 6) is 0. The maximum absolute atomic E-state index is 12.6. The number of benzene rings is 3. The highest BCUT2D eigenvalue weighted by molar-refractivity contribution is 6.00. The van der Waals surface area contributed by atoms with Crippen molar-refractivity contribution in [3.8, 4) is 11.1 Å². The zero-order chi connectivity index (χ0) is 19.8. The molecule has 0 aliphatic heterocycles. The third kappa shape index (κ3) is 3.03. The molecule has 0 atom stereocenters. The van der Waals surface area contributed by atoms with Gasteiger partial charge in [-0.2, -0.15) is 0 Å². The summed E-state index contributed by atoms with van der Waals surface area (Å²) in [7, 11) is 1.78. The van der Waals surface area contributed by atoms with E-state index in [1.165, 1.54) is 11.1 Å². The minimum atomic E-state index is -0.00693. The normalized spacial score (nSPS) is 11.0. The van der Waals surface area contributed by atoms with Gasteiger partial charge in [-0.1, -0.05) is 36.4 Å². The van der Waals surface area contributed by atoms with Crippen LogP contribution in [0, 0.1) is 13.8 Å². The van der Waals surface area contributed by atoms with Crippen molar-refractivity contribution in [1.29, 1.82) is 0 Å². The van der Waals surface area contributed by atoms with Gasteiger partial charge in [0.1, 0.15) is 0 Å². The molecular weight excluding hydrogens is 346 g/mol. The van der Waals surface area contributed by atoms with Crippen LogP contribution < -0.4 is 16.6 Å². The molecule has 140 valence electrons. The lowest BCUT2D eigenvalue weighted by Crippen LogP contribution is -2.16. The van der Waals surface area contributed by atoms with E-state index in [4.69, 9.17) is 5.73 Å². The van der Waals surface area contributed by atoms with Crippen LogP contribution in [0.15, 0.2) is 71.7 Å². The van der Waals surface area contributed by atoms with Crippen LogP contribution >= 0.6 is 0 Å². The Hall–Kier alpha value is -3.53. The SMILES string of the molecule is Cc1cccc(C)c1Nc1ccc(N)cc1-c1cn(C)c(=O)c2ccccc12. The summed E-state index contributed by atoms with van der Waals surface area (Å²) in [4.78, 5) is 12.6. The molecule has 1 aromatic heterocycles. The summed E-state index contributed by atoms with van der Waals surface area (Å²) in [5.41, 5.74) is 13.1. The first-order chi connectivity index (χ1) is 13.5. The van der Waals surface area contributed by atoms with Crippen molar-refractivity contribution in [1.82, 2.24) is 4.57 Å². The third-order valence-electron chi connectivity index (χ3n) is 5.17. The van der Waals surface area contributed by atoms with Gasteiger partial charge in [0.2, 0.25) is 0 Å². The Bertz CT molecular complexity index is 1230. The number of nitrogens with zero attached hydrogens (tertiary/aromatic N) is 1. The van der Waals surface area contributed by atoms with Crippen LogP contribution in [0.1, 0.15) is 11.1 Å². The van der Waals surface area contributed by atoms with E-state index in [1.54, 1.807) is 11.6 Å². The summed E-state index contributed by atoms with van der Waals surface area (Å²) in [5, 5.41) is 5.21. The average Bonchev–Trinajstić information content (AvgIpc) is 2.69. The van der Waals surface area contributed by atoms with Crippen LogP contribution in [-0.2, 0) is 7.05 Å². The van der Waals surface area contributed by atoms with Crippen molar-refractivity contribution >= 4 is 27.8 Å². The number of nitrogen functional groups attached to an aromatic ring is 1.